The number of hydrogen-bond donors (Lipinski definition) is 1. The van der Waals surface area contributed by atoms with Crippen LogP contribution in [0.4, 0.5) is 15.8 Å². The van der Waals surface area contributed by atoms with E-state index in [-0.39, 0.29) is 35.7 Å². The molecule has 3 fully saturated rings. The van der Waals surface area contributed by atoms with Gasteiger partial charge in [-0.25, -0.2) is 9.29 Å². The van der Waals surface area contributed by atoms with E-state index >= 15 is 0 Å². The van der Waals surface area contributed by atoms with Crippen LogP contribution in [0.3, 0.4) is 0 Å². The number of phenolic OH excluding ortho intramolecular Hbond substituents is 1. The molecule has 3 aromatic carbocycles. The lowest BCUT2D eigenvalue weighted by atomic mass is 9.56. The van der Waals surface area contributed by atoms with Crippen LogP contribution < -0.4 is 14.5 Å². The van der Waals surface area contributed by atoms with Crippen molar-refractivity contribution in [3.8, 4) is 11.5 Å². The van der Waals surface area contributed by atoms with Crippen LogP contribution in [0, 0.1) is 23.6 Å². The van der Waals surface area contributed by atoms with Crippen molar-refractivity contribution in [2.75, 3.05) is 16.9 Å². The van der Waals surface area contributed by atoms with Gasteiger partial charge in [-0.3, -0.25) is 24.1 Å². The van der Waals surface area contributed by atoms with Crippen molar-refractivity contribution in [3.05, 3.63) is 95.3 Å². The minimum Gasteiger partial charge on any atom is -0.508 e. The molecule has 8 nitrogen and oxygen atoms in total. The Bertz CT molecular complexity index is 1850. The fourth-order valence-corrected chi connectivity index (χ4v) is 8.70. The Morgan fingerprint density at radius 2 is 1.54 bits per heavy atom. The highest BCUT2D eigenvalue weighted by atomic mass is 35.5. The zero-order valence-corrected chi connectivity index (χ0v) is 26.4. The van der Waals surface area contributed by atoms with Gasteiger partial charge in [0.05, 0.1) is 30.3 Å². The van der Waals surface area contributed by atoms with Gasteiger partial charge in [-0.1, -0.05) is 30.7 Å². The molecule has 46 heavy (non-hydrogen) atoms. The number of amides is 4. The largest absolute Gasteiger partial charge is 0.508 e. The Morgan fingerprint density at radius 1 is 0.891 bits per heavy atom. The Balaban J connectivity index is 1.40. The first kappa shape index (κ1) is 30.4. The molecule has 2 heterocycles. The molecular weight excluding hydrogens is 634 g/mol. The molecule has 2 aliphatic carbocycles. The number of methoxy groups -OCH3 is 1. The fraction of sp³-hybridized carbons (Fsp3) is 0.314. The van der Waals surface area contributed by atoms with Crippen LogP contribution in [-0.2, 0) is 25.6 Å². The van der Waals surface area contributed by atoms with Gasteiger partial charge in [-0.2, -0.15) is 0 Å². The summed E-state index contributed by atoms with van der Waals surface area (Å²) >= 11 is 14.7. The fourth-order valence-electron chi connectivity index (χ4n) is 7.77. The number of ether oxygens (including phenoxy) is 1. The molecule has 2 aliphatic heterocycles. The normalized spacial score (nSPS) is 30.2. The van der Waals surface area contributed by atoms with E-state index in [0.29, 0.717) is 17.0 Å². The summed E-state index contributed by atoms with van der Waals surface area (Å²) in [5.74, 6) is -6.50. The lowest BCUT2D eigenvalue weighted by molar-refractivity contribution is -0.125. The molecular formula is C35H29Cl2FN2O6. The average Bonchev–Trinajstić information content (AvgIpc) is 3.39. The highest BCUT2D eigenvalue weighted by molar-refractivity contribution is 6.58. The molecule has 11 heteroatoms. The first-order valence-electron chi connectivity index (χ1n) is 15.0. The maximum atomic E-state index is 14.4. The molecule has 0 unspecified atom stereocenters. The molecule has 4 amide bonds. The van der Waals surface area contributed by atoms with Crippen molar-refractivity contribution in [2.24, 2.45) is 17.8 Å². The second kappa shape index (κ2) is 10.7. The van der Waals surface area contributed by atoms with Crippen LogP contribution in [0.5, 0.6) is 11.5 Å². The molecule has 236 valence electrons. The quantitative estimate of drug-likeness (QED) is 0.208. The number of fused-ring (bicyclic) bond motifs is 4. The molecule has 0 radical (unpaired) electrons. The van der Waals surface area contributed by atoms with Crippen LogP contribution in [0.1, 0.15) is 36.8 Å². The van der Waals surface area contributed by atoms with Crippen LogP contribution in [0.2, 0.25) is 0 Å². The van der Waals surface area contributed by atoms with E-state index in [1.807, 2.05) is 19.1 Å². The molecule has 0 bridgehead atoms. The van der Waals surface area contributed by atoms with Crippen molar-refractivity contribution < 1.29 is 33.4 Å². The first-order chi connectivity index (χ1) is 22.0. The van der Waals surface area contributed by atoms with Crippen molar-refractivity contribution in [2.45, 2.75) is 41.9 Å². The zero-order chi connectivity index (χ0) is 32.7. The van der Waals surface area contributed by atoms with Gasteiger partial charge in [0.25, 0.3) is 11.8 Å². The average molecular weight is 664 g/mol. The highest BCUT2D eigenvalue weighted by Crippen LogP contribution is 2.66. The molecule has 6 atom stereocenters. The van der Waals surface area contributed by atoms with Crippen molar-refractivity contribution in [3.63, 3.8) is 0 Å². The second-order valence-electron chi connectivity index (χ2n) is 12.2. The SMILES string of the molecule is CCc1ccc(N2C(=O)[C@H]3[C@H](CC=C4[C@H]3C[C@@]3(Cl)C(=O)N(c5ccc(F)cc5)C(=O)[C@@]3(Cl)[C@H]4c3cc(OC)ccc3O)C2=O)cc1. The summed E-state index contributed by atoms with van der Waals surface area (Å²) in [5.41, 5.74) is 2.28. The van der Waals surface area contributed by atoms with E-state index in [1.165, 1.54) is 42.3 Å². The predicted molar refractivity (Wildman–Crippen MR) is 170 cm³/mol. The Morgan fingerprint density at radius 3 is 2.20 bits per heavy atom. The molecule has 1 saturated carbocycles. The Labute approximate surface area is 274 Å². The number of allylic oxidation sites excluding steroid dienone is 2. The lowest BCUT2D eigenvalue weighted by Crippen LogP contribution is -2.60. The van der Waals surface area contributed by atoms with Crippen molar-refractivity contribution >= 4 is 58.2 Å². The van der Waals surface area contributed by atoms with Crippen LogP contribution in [0.25, 0.3) is 0 Å². The van der Waals surface area contributed by atoms with Crippen LogP contribution >= 0.6 is 23.2 Å². The number of carbonyl (C=O) groups excluding carboxylic acids is 4. The number of aryl methyl sites for hydroxylation is 1. The summed E-state index contributed by atoms with van der Waals surface area (Å²) in [6, 6.07) is 16.5. The number of hydrogen-bond acceptors (Lipinski definition) is 6. The molecule has 2 saturated heterocycles. The highest BCUT2D eigenvalue weighted by Gasteiger charge is 2.77. The number of phenols is 1. The monoisotopic (exact) mass is 662 g/mol. The topological polar surface area (TPSA) is 104 Å². The summed E-state index contributed by atoms with van der Waals surface area (Å²) in [6.45, 7) is 2.01. The maximum Gasteiger partial charge on any atom is 0.258 e. The first-order valence-corrected chi connectivity index (χ1v) is 15.8. The molecule has 3 aromatic rings. The summed E-state index contributed by atoms with van der Waals surface area (Å²) in [5, 5.41) is 11.2. The Kier molecular flexibility index (Phi) is 7.06. The van der Waals surface area contributed by atoms with Gasteiger partial charge in [0, 0.05) is 11.5 Å². The summed E-state index contributed by atoms with van der Waals surface area (Å²) in [6.07, 6.45) is 2.54. The van der Waals surface area contributed by atoms with E-state index in [0.717, 1.165) is 29.0 Å². The summed E-state index contributed by atoms with van der Waals surface area (Å²) < 4.78 is 19.3. The number of imide groups is 2. The van der Waals surface area contributed by atoms with Crippen LogP contribution in [-0.4, -0.2) is 45.6 Å². The molecule has 0 aromatic heterocycles. The van der Waals surface area contributed by atoms with E-state index in [1.54, 1.807) is 18.2 Å². The lowest BCUT2D eigenvalue weighted by Gasteiger charge is -2.50. The predicted octanol–water partition coefficient (Wildman–Crippen LogP) is 5.87. The van der Waals surface area contributed by atoms with Gasteiger partial charge in [0.1, 0.15) is 17.3 Å². The number of carbonyl (C=O) groups is 4. The van der Waals surface area contributed by atoms with Gasteiger partial charge in [-0.05, 0) is 85.3 Å². The Hall–Kier alpha value is -4.21. The summed E-state index contributed by atoms with van der Waals surface area (Å²) in [7, 11) is 1.44. The number of alkyl halides is 2. The van der Waals surface area contributed by atoms with E-state index in [4.69, 9.17) is 27.9 Å². The third kappa shape index (κ3) is 4.04. The second-order valence-corrected chi connectivity index (χ2v) is 13.4. The van der Waals surface area contributed by atoms with Crippen molar-refractivity contribution in [1.29, 1.82) is 0 Å². The maximum absolute atomic E-state index is 14.4. The number of halogens is 3. The smallest absolute Gasteiger partial charge is 0.258 e. The molecule has 4 aliphatic rings. The van der Waals surface area contributed by atoms with E-state index < -0.39 is 57.0 Å². The minimum atomic E-state index is -2.17. The van der Waals surface area contributed by atoms with E-state index in [9.17, 15) is 28.7 Å². The number of aromatic hydroxyl groups is 1. The third-order valence-electron chi connectivity index (χ3n) is 10.0. The zero-order valence-electron chi connectivity index (χ0n) is 24.9. The van der Waals surface area contributed by atoms with Gasteiger partial charge in [0.2, 0.25) is 11.8 Å². The number of rotatable bonds is 5. The van der Waals surface area contributed by atoms with E-state index in [2.05, 4.69) is 0 Å². The standard InChI is InChI=1S/C35H29Cl2FN2O6/c1-3-18-4-8-20(9-5-18)39-30(42)24-14-13-23-26(28(24)31(39)43)17-34(36)32(44)40(21-10-6-19(38)7-11-21)33(45)35(34,37)29(23)25-16-22(46-2)12-15-27(25)41/h4-13,15-16,24,26,28-29,41H,3,14,17H2,1-2H3/t24-,26+,28-,29+,34+,35-/m0/s1. The van der Waals surface area contributed by atoms with Crippen LogP contribution in [0.15, 0.2) is 78.4 Å². The van der Waals surface area contributed by atoms with Crippen molar-refractivity contribution in [1.82, 2.24) is 0 Å². The number of benzene rings is 3. The minimum absolute atomic E-state index is 0.0723. The molecule has 7 rings (SSSR count). The molecule has 0 spiro atoms. The van der Waals surface area contributed by atoms with Gasteiger partial charge < -0.3 is 9.84 Å². The van der Waals surface area contributed by atoms with Gasteiger partial charge >= 0.3 is 0 Å². The number of anilines is 2. The number of nitrogens with zero attached hydrogens (tertiary/aromatic N) is 2. The van der Waals surface area contributed by atoms with Gasteiger partial charge in [0.15, 0.2) is 9.75 Å². The summed E-state index contributed by atoms with van der Waals surface area (Å²) in [4.78, 5) is 54.6. The third-order valence-corrected chi connectivity index (χ3v) is 11.5. The molecule has 1 N–H and O–H groups in total. The van der Waals surface area contributed by atoms with Gasteiger partial charge in [-0.15, -0.1) is 23.2 Å².